The summed E-state index contributed by atoms with van der Waals surface area (Å²) in [5, 5.41) is 14.8. The first-order valence-electron chi connectivity index (χ1n) is 9.44. The molecule has 0 saturated heterocycles. The Balaban J connectivity index is 1.88. The van der Waals surface area contributed by atoms with Gasteiger partial charge in [-0.25, -0.2) is 0 Å². The lowest BCUT2D eigenvalue weighted by Gasteiger charge is -2.09. The fourth-order valence-corrected chi connectivity index (χ4v) is 2.55. The van der Waals surface area contributed by atoms with E-state index in [9.17, 15) is 14.9 Å². The van der Waals surface area contributed by atoms with Gasteiger partial charge in [0.25, 0.3) is 11.8 Å². The van der Waals surface area contributed by atoms with Crippen molar-refractivity contribution in [1.82, 2.24) is 10.6 Å². The van der Waals surface area contributed by atoms with Gasteiger partial charge in [0.2, 0.25) is 0 Å². The molecule has 0 aliphatic rings. The highest BCUT2D eigenvalue weighted by Gasteiger charge is 2.09. The minimum Gasteiger partial charge on any atom is -0.484 e. The van der Waals surface area contributed by atoms with Crippen LogP contribution in [0.5, 0.6) is 5.75 Å². The number of rotatable bonds is 9. The maximum absolute atomic E-state index is 12.2. The van der Waals surface area contributed by atoms with Crippen LogP contribution in [-0.2, 0) is 16.0 Å². The number of nitriles is 1. The lowest BCUT2D eigenvalue weighted by Crippen LogP contribution is -2.34. The molecule has 0 aromatic heterocycles. The highest BCUT2D eigenvalue weighted by atomic mass is 16.5. The Morgan fingerprint density at radius 3 is 2.41 bits per heavy atom. The number of ether oxygens (including phenoxy) is 1. The maximum atomic E-state index is 12.2. The van der Waals surface area contributed by atoms with Gasteiger partial charge >= 0.3 is 0 Å². The first kappa shape index (κ1) is 21.7. The van der Waals surface area contributed by atoms with Crippen molar-refractivity contribution in [1.29, 1.82) is 5.26 Å². The number of carbonyl (C=O) groups excluding carboxylic acids is 2. The third-order valence-corrected chi connectivity index (χ3v) is 3.92. The second-order valence-corrected chi connectivity index (χ2v) is 6.74. The van der Waals surface area contributed by atoms with Crippen molar-refractivity contribution in [3.63, 3.8) is 0 Å². The van der Waals surface area contributed by atoms with Crippen molar-refractivity contribution in [3.8, 4) is 11.8 Å². The average Bonchev–Trinajstić information content (AvgIpc) is 2.71. The summed E-state index contributed by atoms with van der Waals surface area (Å²) >= 11 is 0. The van der Waals surface area contributed by atoms with Gasteiger partial charge in [0, 0.05) is 12.6 Å². The topological polar surface area (TPSA) is 91.2 Å². The van der Waals surface area contributed by atoms with E-state index in [1.807, 2.05) is 50.2 Å². The molecular weight excluding hydrogens is 366 g/mol. The standard InChI is InChI=1S/C23H25N3O3/c1-17(2)26-22(27)16-29-21-10-8-19(9-11-21)14-20(15-24)23(28)25-13-12-18-6-4-3-5-7-18/h3-11,14,17H,12-13,16H2,1-2H3,(H,25,28)(H,26,27)/b20-14-. The van der Waals surface area contributed by atoms with E-state index in [0.717, 1.165) is 5.56 Å². The van der Waals surface area contributed by atoms with Crippen molar-refractivity contribution in [3.05, 3.63) is 71.3 Å². The summed E-state index contributed by atoms with van der Waals surface area (Å²) in [5.74, 6) is -0.0658. The zero-order valence-electron chi connectivity index (χ0n) is 16.6. The fourth-order valence-electron chi connectivity index (χ4n) is 2.55. The van der Waals surface area contributed by atoms with E-state index in [0.29, 0.717) is 24.3 Å². The largest absolute Gasteiger partial charge is 0.484 e. The zero-order chi connectivity index (χ0) is 21.1. The van der Waals surface area contributed by atoms with Crippen LogP contribution in [0.1, 0.15) is 25.0 Å². The molecule has 2 aromatic carbocycles. The SMILES string of the molecule is CC(C)NC(=O)COc1ccc(/C=C(/C#N)C(=O)NCCc2ccccc2)cc1. The second kappa shape index (κ2) is 11.3. The number of hydrogen-bond acceptors (Lipinski definition) is 4. The highest BCUT2D eigenvalue weighted by Crippen LogP contribution is 2.14. The van der Waals surface area contributed by atoms with E-state index in [-0.39, 0.29) is 24.1 Å². The Kier molecular flexibility index (Phi) is 8.46. The van der Waals surface area contributed by atoms with Crippen molar-refractivity contribution in [2.24, 2.45) is 0 Å². The third-order valence-electron chi connectivity index (χ3n) is 3.92. The molecule has 2 rings (SSSR count). The molecule has 0 atom stereocenters. The molecule has 29 heavy (non-hydrogen) atoms. The molecule has 6 nitrogen and oxygen atoms in total. The lowest BCUT2D eigenvalue weighted by molar-refractivity contribution is -0.123. The van der Waals surface area contributed by atoms with Crippen molar-refractivity contribution >= 4 is 17.9 Å². The van der Waals surface area contributed by atoms with E-state index in [1.165, 1.54) is 6.08 Å². The van der Waals surface area contributed by atoms with Crippen LogP contribution < -0.4 is 15.4 Å². The molecule has 0 aliphatic heterocycles. The molecule has 150 valence electrons. The molecule has 0 heterocycles. The van der Waals surface area contributed by atoms with Gasteiger partial charge in [-0.1, -0.05) is 42.5 Å². The summed E-state index contributed by atoms with van der Waals surface area (Å²) in [5.41, 5.74) is 1.84. The fraction of sp³-hybridized carbons (Fsp3) is 0.261. The molecule has 0 aliphatic carbocycles. The van der Waals surface area contributed by atoms with Gasteiger partial charge in [0.05, 0.1) is 0 Å². The van der Waals surface area contributed by atoms with Gasteiger partial charge in [0.1, 0.15) is 17.4 Å². The highest BCUT2D eigenvalue weighted by molar-refractivity contribution is 6.01. The molecule has 2 aromatic rings. The summed E-state index contributed by atoms with van der Waals surface area (Å²) in [6.07, 6.45) is 2.22. The molecule has 6 heteroatoms. The molecule has 2 amide bonds. The molecule has 0 fully saturated rings. The Morgan fingerprint density at radius 2 is 1.79 bits per heavy atom. The van der Waals surface area contributed by atoms with E-state index < -0.39 is 5.91 Å². The summed E-state index contributed by atoms with van der Waals surface area (Å²) < 4.78 is 5.42. The second-order valence-electron chi connectivity index (χ2n) is 6.74. The van der Waals surface area contributed by atoms with E-state index in [2.05, 4.69) is 10.6 Å². The van der Waals surface area contributed by atoms with E-state index in [1.54, 1.807) is 24.3 Å². The number of amides is 2. The average molecular weight is 391 g/mol. The monoisotopic (exact) mass is 391 g/mol. The number of carbonyl (C=O) groups is 2. The molecule has 0 saturated carbocycles. The van der Waals surface area contributed by atoms with Crippen molar-refractivity contribution in [2.75, 3.05) is 13.2 Å². The molecule has 2 N–H and O–H groups in total. The molecule has 0 spiro atoms. The Morgan fingerprint density at radius 1 is 1.10 bits per heavy atom. The molecule has 0 radical (unpaired) electrons. The molecule has 0 unspecified atom stereocenters. The first-order chi connectivity index (χ1) is 14.0. The Hall–Kier alpha value is -3.59. The molecular formula is C23H25N3O3. The van der Waals surface area contributed by atoms with E-state index in [4.69, 9.17) is 4.74 Å². The predicted molar refractivity (Wildman–Crippen MR) is 112 cm³/mol. The van der Waals surface area contributed by atoms with Crippen LogP contribution in [0.15, 0.2) is 60.2 Å². The summed E-state index contributed by atoms with van der Waals surface area (Å²) in [6, 6.07) is 18.6. The van der Waals surface area contributed by atoms with Crippen molar-refractivity contribution < 1.29 is 14.3 Å². The van der Waals surface area contributed by atoms with Crippen LogP contribution in [0.4, 0.5) is 0 Å². The first-order valence-corrected chi connectivity index (χ1v) is 9.44. The van der Waals surface area contributed by atoms with Gasteiger partial charge < -0.3 is 15.4 Å². The maximum Gasteiger partial charge on any atom is 0.261 e. The minimum absolute atomic E-state index is 0.0306. The van der Waals surface area contributed by atoms with Gasteiger partial charge in [-0.2, -0.15) is 5.26 Å². The van der Waals surface area contributed by atoms with E-state index >= 15 is 0 Å². The van der Waals surface area contributed by atoms with Crippen LogP contribution in [0.25, 0.3) is 6.08 Å². The van der Waals surface area contributed by atoms with Gasteiger partial charge in [-0.15, -0.1) is 0 Å². The minimum atomic E-state index is -0.408. The quantitative estimate of drug-likeness (QED) is 0.508. The number of nitrogens with zero attached hydrogens (tertiary/aromatic N) is 1. The van der Waals surface area contributed by atoms with Gasteiger partial charge in [0.15, 0.2) is 6.61 Å². The normalized spacial score (nSPS) is 10.9. The van der Waals surface area contributed by atoms with Crippen LogP contribution >= 0.6 is 0 Å². The van der Waals surface area contributed by atoms with Gasteiger partial charge in [-0.3, -0.25) is 9.59 Å². The van der Waals surface area contributed by atoms with Crippen LogP contribution in [0.2, 0.25) is 0 Å². The number of benzene rings is 2. The lowest BCUT2D eigenvalue weighted by atomic mass is 10.1. The zero-order valence-corrected chi connectivity index (χ0v) is 16.6. The number of nitrogens with one attached hydrogen (secondary N) is 2. The Labute approximate surface area is 171 Å². The smallest absolute Gasteiger partial charge is 0.261 e. The number of hydrogen-bond donors (Lipinski definition) is 2. The Bertz CT molecular complexity index is 882. The predicted octanol–water partition coefficient (Wildman–Crippen LogP) is 2.86. The molecule has 0 bridgehead atoms. The van der Waals surface area contributed by atoms with Gasteiger partial charge in [-0.05, 0) is 49.6 Å². The summed E-state index contributed by atoms with van der Waals surface area (Å²) in [6.45, 7) is 4.14. The summed E-state index contributed by atoms with van der Waals surface area (Å²) in [4.78, 5) is 23.8. The van der Waals surface area contributed by atoms with Crippen molar-refractivity contribution in [2.45, 2.75) is 26.3 Å². The van der Waals surface area contributed by atoms with Crippen LogP contribution in [0.3, 0.4) is 0 Å². The third kappa shape index (κ3) is 7.89. The van der Waals surface area contributed by atoms with Crippen LogP contribution in [-0.4, -0.2) is 31.0 Å². The van der Waals surface area contributed by atoms with Crippen LogP contribution in [0, 0.1) is 11.3 Å². The summed E-state index contributed by atoms with van der Waals surface area (Å²) in [7, 11) is 0.